The quantitative estimate of drug-likeness (QED) is 0.726. The Bertz CT molecular complexity index is 1000. The molecule has 5 rings (SSSR count). The SMILES string of the molecule is Cc1cc(C(=O)N2c3ccccc3CC2c2nnc(C3CC3)o2)n(C)n1. The van der Waals surface area contributed by atoms with Gasteiger partial charge in [0.05, 0.1) is 5.69 Å². The van der Waals surface area contributed by atoms with Gasteiger partial charge in [-0.2, -0.15) is 5.10 Å². The number of amides is 1. The molecular weight excluding hydrogens is 330 g/mol. The fraction of sp³-hybridized carbons (Fsp3) is 0.368. The number of carbonyl (C=O) groups is 1. The molecule has 1 fully saturated rings. The van der Waals surface area contributed by atoms with Crippen LogP contribution in [0, 0.1) is 6.92 Å². The summed E-state index contributed by atoms with van der Waals surface area (Å²) in [5.74, 6) is 1.49. The summed E-state index contributed by atoms with van der Waals surface area (Å²) in [5.41, 5.74) is 3.36. The Hall–Kier alpha value is -2.96. The molecule has 3 aromatic rings. The van der Waals surface area contributed by atoms with Crippen LogP contribution in [-0.4, -0.2) is 25.9 Å². The molecule has 0 bridgehead atoms. The topological polar surface area (TPSA) is 77.0 Å². The molecule has 1 atom stereocenters. The van der Waals surface area contributed by atoms with Crippen LogP contribution in [0.1, 0.15) is 58.3 Å². The molecule has 1 aliphatic carbocycles. The first kappa shape index (κ1) is 15.3. The van der Waals surface area contributed by atoms with E-state index in [0.29, 0.717) is 29.8 Å². The van der Waals surface area contributed by atoms with E-state index in [1.807, 2.05) is 37.3 Å². The molecule has 1 saturated carbocycles. The molecule has 1 aliphatic heterocycles. The molecule has 3 heterocycles. The molecule has 26 heavy (non-hydrogen) atoms. The number of fused-ring (bicyclic) bond motifs is 1. The molecule has 7 nitrogen and oxygen atoms in total. The Morgan fingerprint density at radius 2 is 1.96 bits per heavy atom. The lowest BCUT2D eigenvalue weighted by atomic mass is 10.1. The Morgan fingerprint density at radius 3 is 2.69 bits per heavy atom. The zero-order chi connectivity index (χ0) is 17.8. The van der Waals surface area contributed by atoms with E-state index >= 15 is 0 Å². The first-order chi connectivity index (χ1) is 12.6. The highest BCUT2D eigenvalue weighted by molar-refractivity contribution is 6.06. The van der Waals surface area contributed by atoms with Gasteiger partial charge in [0.2, 0.25) is 11.8 Å². The molecule has 7 heteroatoms. The maximum atomic E-state index is 13.4. The number of benzene rings is 1. The second-order valence-corrected chi connectivity index (χ2v) is 7.07. The van der Waals surface area contributed by atoms with Crippen molar-refractivity contribution in [2.75, 3.05) is 4.90 Å². The summed E-state index contributed by atoms with van der Waals surface area (Å²) in [6.45, 7) is 1.88. The van der Waals surface area contributed by atoms with Crippen molar-refractivity contribution in [3.8, 4) is 0 Å². The number of anilines is 1. The number of aryl methyl sites for hydroxylation is 2. The summed E-state index contributed by atoms with van der Waals surface area (Å²) in [4.78, 5) is 15.1. The molecule has 1 aromatic carbocycles. The van der Waals surface area contributed by atoms with Gasteiger partial charge in [0.25, 0.3) is 5.91 Å². The standard InChI is InChI=1S/C19H19N5O2/c1-11-9-16(23(2)22-11)19(25)24-14-6-4-3-5-13(14)10-15(24)18-21-20-17(26-18)12-7-8-12/h3-6,9,12,15H,7-8,10H2,1-2H3. The zero-order valence-corrected chi connectivity index (χ0v) is 14.7. The second-order valence-electron chi connectivity index (χ2n) is 7.07. The second kappa shape index (κ2) is 5.52. The lowest BCUT2D eigenvalue weighted by molar-refractivity contribution is 0.0966. The van der Waals surface area contributed by atoms with Gasteiger partial charge in [-0.25, -0.2) is 0 Å². The van der Waals surface area contributed by atoms with Crippen molar-refractivity contribution in [2.24, 2.45) is 7.05 Å². The predicted octanol–water partition coefficient (Wildman–Crippen LogP) is 2.93. The van der Waals surface area contributed by atoms with Crippen molar-refractivity contribution in [3.05, 3.63) is 59.1 Å². The Labute approximate surface area is 150 Å². The monoisotopic (exact) mass is 349 g/mol. The lowest BCUT2D eigenvalue weighted by Crippen LogP contribution is -2.33. The van der Waals surface area contributed by atoms with E-state index in [1.165, 1.54) is 0 Å². The molecule has 0 saturated heterocycles. The molecule has 0 spiro atoms. The number of rotatable bonds is 3. The van der Waals surface area contributed by atoms with E-state index in [1.54, 1.807) is 16.6 Å². The van der Waals surface area contributed by atoms with Crippen LogP contribution < -0.4 is 4.90 Å². The minimum Gasteiger partial charge on any atom is -0.423 e. The van der Waals surface area contributed by atoms with Crippen LogP contribution in [0.25, 0.3) is 0 Å². The van der Waals surface area contributed by atoms with E-state index < -0.39 is 0 Å². The van der Waals surface area contributed by atoms with E-state index in [-0.39, 0.29) is 11.9 Å². The van der Waals surface area contributed by atoms with Crippen molar-refractivity contribution in [1.82, 2.24) is 20.0 Å². The number of hydrogen-bond donors (Lipinski definition) is 0. The van der Waals surface area contributed by atoms with E-state index in [0.717, 1.165) is 29.8 Å². The third-order valence-corrected chi connectivity index (χ3v) is 5.08. The summed E-state index contributed by atoms with van der Waals surface area (Å²) < 4.78 is 7.56. The average molecular weight is 349 g/mol. The summed E-state index contributed by atoms with van der Waals surface area (Å²) in [6, 6.07) is 9.47. The van der Waals surface area contributed by atoms with Crippen molar-refractivity contribution < 1.29 is 9.21 Å². The number of hydrogen-bond acceptors (Lipinski definition) is 5. The molecule has 0 N–H and O–H groups in total. The fourth-order valence-corrected chi connectivity index (χ4v) is 3.65. The molecule has 2 aliphatic rings. The van der Waals surface area contributed by atoms with Crippen LogP contribution in [0.15, 0.2) is 34.7 Å². The Balaban J connectivity index is 1.57. The Morgan fingerprint density at radius 1 is 1.19 bits per heavy atom. The van der Waals surface area contributed by atoms with Crippen molar-refractivity contribution in [2.45, 2.75) is 38.1 Å². The number of nitrogens with zero attached hydrogens (tertiary/aromatic N) is 5. The van der Waals surface area contributed by atoms with Crippen molar-refractivity contribution in [1.29, 1.82) is 0 Å². The smallest absolute Gasteiger partial charge is 0.277 e. The number of para-hydroxylation sites is 1. The first-order valence-corrected chi connectivity index (χ1v) is 8.87. The van der Waals surface area contributed by atoms with Gasteiger partial charge in [-0.05, 0) is 37.5 Å². The average Bonchev–Trinajstić information content (AvgIpc) is 3.09. The van der Waals surface area contributed by atoms with Gasteiger partial charge in [0.15, 0.2) is 0 Å². The van der Waals surface area contributed by atoms with E-state index in [2.05, 4.69) is 15.3 Å². The van der Waals surface area contributed by atoms with Crippen LogP contribution in [0.4, 0.5) is 5.69 Å². The largest absolute Gasteiger partial charge is 0.423 e. The summed E-state index contributed by atoms with van der Waals surface area (Å²) in [5, 5.41) is 12.8. The van der Waals surface area contributed by atoms with Gasteiger partial charge >= 0.3 is 0 Å². The summed E-state index contributed by atoms with van der Waals surface area (Å²) in [7, 11) is 1.79. The van der Waals surface area contributed by atoms with Gasteiger partial charge < -0.3 is 4.42 Å². The summed E-state index contributed by atoms with van der Waals surface area (Å²) >= 11 is 0. The summed E-state index contributed by atoms with van der Waals surface area (Å²) in [6.07, 6.45) is 2.87. The first-order valence-electron chi connectivity index (χ1n) is 8.87. The minimum absolute atomic E-state index is 0.103. The maximum Gasteiger partial charge on any atom is 0.277 e. The van der Waals surface area contributed by atoms with Crippen LogP contribution >= 0.6 is 0 Å². The van der Waals surface area contributed by atoms with Gasteiger partial charge in [0, 0.05) is 25.1 Å². The van der Waals surface area contributed by atoms with E-state index in [9.17, 15) is 4.79 Å². The highest BCUT2D eigenvalue weighted by Crippen LogP contribution is 2.43. The third kappa shape index (κ3) is 2.34. The van der Waals surface area contributed by atoms with Gasteiger partial charge in [-0.3, -0.25) is 14.4 Å². The van der Waals surface area contributed by atoms with Gasteiger partial charge in [0.1, 0.15) is 11.7 Å². The fourth-order valence-electron chi connectivity index (χ4n) is 3.65. The zero-order valence-electron chi connectivity index (χ0n) is 14.7. The predicted molar refractivity (Wildman–Crippen MR) is 93.9 cm³/mol. The van der Waals surface area contributed by atoms with Gasteiger partial charge in [-0.1, -0.05) is 18.2 Å². The third-order valence-electron chi connectivity index (χ3n) is 5.08. The number of carbonyl (C=O) groups excluding carboxylic acids is 1. The van der Waals surface area contributed by atoms with Crippen LogP contribution in [0.2, 0.25) is 0 Å². The molecule has 1 unspecified atom stereocenters. The van der Waals surface area contributed by atoms with Crippen molar-refractivity contribution in [3.63, 3.8) is 0 Å². The minimum atomic E-state index is -0.282. The highest BCUT2D eigenvalue weighted by atomic mass is 16.4. The maximum absolute atomic E-state index is 13.4. The van der Waals surface area contributed by atoms with Crippen molar-refractivity contribution >= 4 is 11.6 Å². The van der Waals surface area contributed by atoms with E-state index in [4.69, 9.17) is 4.42 Å². The Kier molecular flexibility index (Phi) is 3.25. The van der Waals surface area contributed by atoms with Crippen LogP contribution in [0.3, 0.4) is 0 Å². The normalized spacial score (nSPS) is 19.0. The van der Waals surface area contributed by atoms with Crippen LogP contribution in [0.5, 0.6) is 0 Å². The molecule has 2 aromatic heterocycles. The number of aromatic nitrogens is 4. The van der Waals surface area contributed by atoms with Crippen LogP contribution in [-0.2, 0) is 13.5 Å². The van der Waals surface area contributed by atoms with Gasteiger partial charge in [-0.15, -0.1) is 10.2 Å². The molecule has 132 valence electrons. The molecular formula is C19H19N5O2. The molecule has 1 amide bonds. The lowest BCUT2D eigenvalue weighted by Gasteiger charge is -2.23. The molecule has 0 radical (unpaired) electrons. The highest BCUT2D eigenvalue weighted by Gasteiger charge is 2.40.